The first-order valence-electron chi connectivity index (χ1n) is 6.55. The van der Waals surface area contributed by atoms with Crippen molar-refractivity contribution in [1.82, 2.24) is 0 Å². The van der Waals surface area contributed by atoms with Crippen LogP contribution in [0.25, 0.3) is 0 Å². The van der Waals surface area contributed by atoms with E-state index in [0.29, 0.717) is 6.61 Å². The van der Waals surface area contributed by atoms with Crippen LogP contribution in [-0.4, -0.2) is 12.6 Å². The molecule has 0 aromatic carbocycles. The molecule has 0 unspecified atom stereocenters. The van der Waals surface area contributed by atoms with Crippen molar-refractivity contribution in [3.63, 3.8) is 0 Å². The van der Waals surface area contributed by atoms with E-state index in [1.165, 1.54) is 39.0 Å². The SMILES string of the molecule is CCCCCC/C=C\CCCCOC(C)=O. The summed E-state index contributed by atoms with van der Waals surface area (Å²) in [6.07, 6.45) is 14.3. The Labute approximate surface area is 100 Å². The number of carbonyl (C=O) groups excluding carboxylic acids is 1. The first-order chi connectivity index (χ1) is 7.77. The van der Waals surface area contributed by atoms with E-state index < -0.39 is 0 Å². The molecular formula is C14H26O2. The second-order valence-corrected chi connectivity index (χ2v) is 4.16. The maximum atomic E-state index is 10.5. The van der Waals surface area contributed by atoms with Crippen LogP contribution in [-0.2, 0) is 9.53 Å². The van der Waals surface area contributed by atoms with Gasteiger partial charge in [0, 0.05) is 6.92 Å². The Morgan fingerprint density at radius 3 is 2.19 bits per heavy atom. The van der Waals surface area contributed by atoms with Gasteiger partial charge in [0.05, 0.1) is 6.61 Å². The van der Waals surface area contributed by atoms with Crippen LogP contribution in [0.1, 0.15) is 65.2 Å². The van der Waals surface area contributed by atoms with Crippen molar-refractivity contribution >= 4 is 5.97 Å². The Morgan fingerprint density at radius 2 is 1.62 bits per heavy atom. The number of ether oxygens (including phenoxy) is 1. The van der Waals surface area contributed by atoms with Gasteiger partial charge in [-0.3, -0.25) is 4.79 Å². The van der Waals surface area contributed by atoms with Gasteiger partial charge in [-0.2, -0.15) is 0 Å². The van der Waals surface area contributed by atoms with E-state index in [1.54, 1.807) is 0 Å². The Morgan fingerprint density at radius 1 is 1.00 bits per heavy atom. The summed E-state index contributed by atoms with van der Waals surface area (Å²) >= 11 is 0. The number of carbonyl (C=O) groups is 1. The topological polar surface area (TPSA) is 26.3 Å². The molecule has 0 aliphatic carbocycles. The van der Waals surface area contributed by atoms with Crippen LogP contribution in [0.4, 0.5) is 0 Å². The first-order valence-corrected chi connectivity index (χ1v) is 6.55. The molecule has 0 rings (SSSR count). The molecule has 0 aromatic rings. The summed E-state index contributed by atoms with van der Waals surface area (Å²) in [6, 6.07) is 0. The van der Waals surface area contributed by atoms with Gasteiger partial charge in [-0.05, 0) is 32.1 Å². The fourth-order valence-corrected chi connectivity index (χ4v) is 1.50. The van der Waals surface area contributed by atoms with E-state index >= 15 is 0 Å². The smallest absolute Gasteiger partial charge is 0.302 e. The van der Waals surface area contributed by atoms with Gasteiger partial charge >= 0.3 is 5.97 Å². The molecule has 0 saturated heterocycles. The van der Waals surface area contributed by atoms with Gasteiger partial charge in [-0.1, -0.05) is 38.3 Å². The molecule has 0 N–H and O–H groups in total. The van der Waals surface area contributed by atoms with E-state index in [4.69, 9.17) is 4.74 Å². The molecule has 16 heavy (non-hydrogen) atoms. The summed E-state index contributed by atoms with van der Waals surface area (Å²) in [5, 5.41) is 0. The molecule has 0 heterocycles. The van der Waals surface area contributed by atoms with E-state index in [9.17, 15) is 4.79 Å². The lowest BCUT2D eigenvalue weighted by molar-refractivity contribution is -0.141. The van der Waals surface area contributed by atoms with Gasteiger partial charge < -0.3 is 4.74 Å². The van der Waals surface area contributed by atoms with Gasteiger partial charge in [0.15, 0.2) is 0 Å². The van der Waals surface area contributed by atoms with Crippen molar-refractivity contribution in [1.29, 1.82) is 0 Å². The molecular weight excluding hydrogens is 200 g/mol. The summed E-state index contributed by atoms with van der Waals surface area (Å²) in [4.78, 5) is 10.5. The highest BCUT2D eigenvalue weighted by atomic mass is 16.5. The summed E-state index contributed by atoms with van der Waals surface area (Å²) in [6.45, 7) is 4.26. The molecule has 0 radical (unpaired) electrons. The Bertz CT molecular complexity index is 185. The quantitative estimate of drug-likeness (QED) is 0.316. The van der Waals surface area contributed by atoms with E-state index in [1.807, 2.05) is 0 Å². The highest BCUT2D eigenvalue weighted by molar-refractivity contribution is 5.65. The van der Waals surface area contributed by atoms with Crippen LogP contribution in [0.5, 0.6) is 0 Å². The average molecular weight is 226 g/mol. The zero-order chi connectivity index (χ0) is 12.1. The molecule has 2 heteroatoms. The van der Waals surface area contributed by atoms with Crippen LogP contribution in [0.3, 0.4) is 0 Å². The maximum Gasteiger partial charge on any atom is 0.302 e. The highest BCUT2D eigenvalue weighted by Crippen LogP contribution is 2.04. The summed E-state index contributed by atoms with van der Waals surface area (Å²) in [5.41, 5.74) is 0. The minimum absolute atomic E-state index is 0.175. The van der Waals surface area contributed by atoms with E-state index in [2.05, 4.69) is 19.1 Å². The van der Waals surface area contributed by atoms with Crippen molar-refractivity contribution in [2.24, 2.45) is 0 Å². The Kier molecular flexibility index (Phi) is 11.7. The lowest BCUT2D eigenvalue weighted by atomic mass is 10.1. The fraction of sp³-hybridized carbons (Fsp3) is 0.786. The van der Waals surface area contributed by atoms with Gasteiger partial charge in [-0.25, -0.2) is 0 Å². The molecule has 0 amide bonds. The second kappa shape index (κ2) is 12.3. The van der Waals surface area contributed by atoms with Gasteiger partial charge in [0.1, 0.15) is 0 Å². The van der Waals surface area contributed by atoms with Crippen molar-refractivity contribution in [3.8, 4) is 0 Å². The van der Waals surface area contributed by atoms with Crippen molar-refractivity contribution in [2.75, 3.05) is 6.61 Å². The minimum Gasteiger partial charge on any atom is -0.466 e. The molecule has 94 valence electrons. The van der Waals surface area contributed by atoms with Gasteiger partial charge in [0.2, 0.25) is 0 Å². The first kappa shape index (κ1) is 15.2. The van der Waals surface area contributed by atoms with Crippen LogP contribution in [0.2, 0.25) is 0 Å². The number of esters is 1. The van der Waals surface area contributed by atoms with Crippen LogP contribution in [0.15, 0.2) is 12.2 Å². The number of hydrogen-bond donors (Lipinski definition) is 0. The molecule has 0 aliphatic heterocycles. The average Bonchev–Trinajstić information content (AvgIpc) is 2.25. The Balaban J connectivity index is 3.06. The summed E-state index contributed by atoms with van der Waals surface area (Å²) in [7, 11) is 0. The van der Waals surface area contributed by atoms with Crippen LogP contribution in [0, 0.1) is 0 Å². The van der Waals surface area contributed by atoms with Crippen molar-refractivity contribution in [2.45, 2.75) is 65.2 Å². The van der Waals surface area contributed by atoms with E-state index in [-0.39, 0.29) is 5.97 Å². The van der Waals surface area contributed by atoms with E-state index in [0.717, 1.165) is 19.3 Å². The number of unbranched alkanes of at least 4 members (excludes halogenated alkanes) is 6. The van der Waals surface area contributed by atoms with Crippen molar-refractivity contribution < 1.29 is 9.53 Å². The standard InChI is InChI=1S/C14H26O2/c1-3-4-5-6-7-8-9-10-11-12-13-16-14(2)15/h8-9H,3-7,10-13H2,1-2H3/b9-8-. The minimum atomic E-state index is -0.175. The van der Waals surface area contributed by atoms with Crippen molar-refractivity contribution in [3.05, 3.63) is 12.2 Å². The number of rotatable bonds is 10. The summed E-state index contributed by atoms with van der Waals surface area (Å²) in [5.74, 6) is -0.175. The summed E-state index contributed by atoms with van der Waals surface area (Å²) < 4.78 is 4.85. The molecule has 0 spiro atoms. The third kappa shape index (κ3) is 13.2. The van der Waals surface area contributed by atoms with Crippen LogP contribution < -0.4 is 0 Å². The molecule has 0 atom stereocenters. The second-order valence-electron chi connectivity index (χ2n) is 4.16. The fourth-order valence-electron chi connectivity index (χ4n) is 1.50. The third-order valence-electron chi connectivity index (χ3n) is 2.46. The van der Waals surface area contributed by atoms with Crippen LogP contribution >= 0.6 is 0 Å². The predicted molar refractivity (Wildman–Crippen MR) is 68.4 cm³/mol. The lowest BCUT2D eigenvalue weighted by Gasteiger charge is -1.99. The zero-order valence-corrected chi connectivity index (χ0v) is 10.8. The monoisotopic (exact) mass is 226 g/mol. The molecule has 2 nitrogen and oxygen atoms in total. The normalized spacial score (nSPS) is 10.9. The zero-order valence-electron chi connectivity index (χ0n) is 10.8. The highest BCUT2D eigenvalue weighted by Gasteiger charge is 1.91. The molecule has 0 saturated carbocycles. The maximum absolute atomic E-state index is 10.5. The lowest BCUT2D eigenvalue weighted by Crippen LogP contribution is -1.99. The molecule has 0 fully saturated rings. The third-order valence-corrected chi connectivity index (χ3v) is 2.46. The molecule has 0 aliphatic rings. The predicted octanol–water partition coefficient (Wildman–Crippen LogP) is 4.25. The molecule has 0 aromatic heterocycles. The molecule has 0 bridgehead atoms. The van der Waals surface area contributed by atoms with Gasteiger partial charge in [-0.15, -0.1) is 0 Å². The largest absolute Gasteiger partial charge is 0.466 e. The van der Waals surface area contributed by atoms with Gasteiger partial charge in [0.25, 0.3) is 0 Å². The number of hydrogen-bond acceptors (Lipinski definition) is 2. The number of allylic oxidation sites excluding steroid dienone is 2. The Hall–Kier alpha value is -0.790.